The van der Waals surface area contributed by atoms with Crippen LogP contribution in [-0.4, -0.2) is 29.6 Å². The van der Waals surface area contributed by atoms with E-state index in [1.807, 2.05) is 6.08 Å². The lowest BCUT2D eigenvalue weighted by Crippen LogP contribution is -2.28. The number of nitrogens with zero attached hydrogens (tertiary/aromatic N) is 4. The summed E-state index contributed by atoms with van der Waals surface area (Å²) < 4.78 is 0. The molecule has 1 aliphatic rings. The van der Waals surface area contributed by atoms with Crippen molar-refractivity contribution in [3.63, 3.8) is 0 Å². The predicted octanol–water partition coefficient (Wildman–Crippen LogP) is 5.20. The van der Waals surface area contributed by atoms with Gasteiger partial charge in [-0.2, -0.15) is 4.98 Å². The minimum atomic E-state index is 0.805. The van der Waals surface area contributed by atoms with Gasteiger partial charge < -0.3 is 9.80 Å². The van der Waals surface area contributed by atoms with Gasteiger partial charge in [0.25, 0.3) is 0 Å². The standard InChI is InChI=1S/C23H32N4/c1-7-12-26-13-10-9-11-20-19(6)24-23(25-22(20)26)27(8-2)21-17(4)14-16(3)15-18(21)5/h7,14-15H,1,8-13H2,2-6H3. The van der Waals surface area contributed by atoms with Crippen LogP contribution in [0.1, 0.15) is 47.7 Å². The maximum Gasteiger partial charge on any atom is 0.232 e. The molecule has 0 spiro atoms. The van der Waals surface area contributed by atoms with E-state index in [9.17, 15) is 0 Å². The Morgan fingerprint density at radius 3 is 2.44 bits per heavy atom. The quantitative estimate of drug-likeness (QED) is 0.683. The zero-order valence-electron chi connectivity index (χ0n) is 17.5. The molecule has 0 unspecified atom stereocenters. The third-order valence-corrected chi connectivity index (χ3v) is 5.40. The number of benzene rings is 1. The highest BCUT2D eigenvalue weighted by molar-refractivity contribution is 5.68. The average molecular weight is 365 g/mol. The molecule has 27 heavy (non-hydrogen) atoms. The fourth-order valence-electron chi connectivity index (χ4n) is 4.28. The first-order valence-corrected chi connectivity index (χ1v) is 10.0. The van der Waals surface area contributed by atoms with E-state index in [1.54, 1.807) is 0 Å². The van der Waals surface area contributed by atoms with E-state index in [4.69, 9.17) is 9.97 Å². The van der Waals surface area contributed by atoms with Crippen molar-refractivity contribution in [2.24, 2.45) is 0 Å². The summed E-state index contributed by atoms with van der Waals surface area (Å²) in [6.45, 7) is 17.4. The molecule has 1 aliphatic heterocycles. The summed E-state index contributed by atoms with van der Waals surface area (Å²) in [5, 5.41) is 0. The van der Waals surface area contributed by atoms with Crippen molar-refractivity contribution in [2.45, 2.75) is 53.9 Å². The highest BCUT2D eigenvalue weighted by atomic mass is 15.3. The summed E-state index contributed by atoms with van der Waals surface area (Å²) in [4.78, 5) is 14.6. The molecule has 0 saturated heterocycles. The molecule has 0 saturated carbocycles. The van der Waals surface area contributed by atoms with E-state index in [0.717, 1.165) is 43.5 Å². The second-order valence-electron chi connectivity index (χ2n) is 7.59. The van der Waals surface area contributed by atoms with Crippen LogP contribution in [0.5, 0.6) is 0 Å². The normalized spacial score (nSPS) is 13.9. The van der Waals surface area contributed by atoms with Crippen molar-refractivity contribution in [3.05, 3.63) is 52.7 Å². The van der Waals surface area contributed by atoms with Crippen molar-refractivity contribution >= 4 is 17.5 Å². The van der Waals surface area contributed by atoms with Gasteiger partial charge in [-0.3, -0.25) is 0 Å². The Hall–Kier alpha value is -2.36. The first kappa shape index (κ1) is 19.4. The third kappa shape index (κ3) is 3.85. The van der Waals surface area contributed by atoms with Gasteiger partial charge in [0.2, 0.25) is 5.95 Å². The molecular formula is C23H32N4. The lowest BCUT2D eigenvalue weighted by atomic mass is 10.0. The molecule has 0 amide bonds. The highest BCUT2D eigenvalue weighted by Gasteiger charge is 2.23. The number of hydrogen-bond acceptors (Lipinski definition) is 4. The monoisotopic (exact) mass is 364 g/mol. The number of rotatable bonds is 5. The molecule has 0 atom stereocenters. The maximum atomic E-state index is 5.08. The van der Waals surface area contributed by atoms with Gasteiger partial charge >= 0.3 is 0 Å². The van der Waals surface area contributed by atoms with E-state index >= 15 is 0 Å². The number of anilines is 3. The number of aromatic nitrogens is 2. The van der Waals surface area contributed by atoms with E-state index in [2.05, 4.69) is 63.1 Å². The van der Waals surface area contributed by atoms with Gasteiger partial charge in [-0.25, -0.2) is 4.98 Å². The molecule has 2 heterocycles. The van der Waals surface area contributed by atoms with Gasteiger partial charge in [-0.15, -0.1) is 6.58 Å². The van der Waals surface area contributed by atoms with Gasteiger partial charge in [0.15, 0.2) is 0 Å². The van der Waals surface area contributed by atoms with Crippen molar-refractivity contribution in [1.82, 2.24) is 9.97 Å². The number of aryl methyl sites for hydroxylation is 4. The first-order chi connectivity index (χ1) is 13.0. The van der Waals surface area contributed by atoms with Gasteiger partial charge in [-0.1, -0.05) is 23.8 Å². The van der Waals surface area contributed by atoms with Crippen LogP contribution in [0, 0.1) is 27.7 Å². The molecule has 4 heteroatoms. The van der Waals surface area contributed by atoms with E-state index in [-0.39, 0.29) is 0 Å². The molecule has 0 bridgehead atoms. The molecule has 0 radical (unpaired) electrons. The van der Waals surface area contributed by atoms with Crippen LogP contribution in [0.4, 0.5) is 17.5 Å². The molecule has 1 aromatic carbocycles. The maximum absolute atomic E-state index is 5.08. The van der Waals surface area contributed by atoms with Crippen LogP contribution < -0.4 is 9.80 Å². The van der Waals surface area contributed by atoms with E-state index in [1.165, 1.54) is 40.8 Å². The van der Waals surface area contributed by atoms with Crippen LogP contribution in [0.25, 0.3) is 0 Å². The Bertz CT molecular complexity index is 818. The van der Waals surface area contributed by atoms with E-state index < -0.39 is 0 Å². The van der Waals surface area contributed by atoms with Crippen molar-refractivity contribution in [3.8, 4) is 0 Å². The van der Waals surface area contributed by atoms with Crippen molar-refractivity contribution < 1.29 is 0 Å². The van der Waals surface area contributed by atoms with Gasteiger partial charge in [0.1, 0.15) is 5.82 Å². The summed E-state index contributed by atoms with van der Waals surface area (Å²) in [6, 6.07) is 4.48. The summed E-state index contributed by atoms with van der Waals surface area (Å²) in [5.41, 5.74) is 7.47. The third-order valence-electron chi connectivity index (χ3n) is 5.40. The van der Waals surface area contributed by atoms with Crippen LogP contribution >= 0.6 is 0 Å². The number of hydrogen-bond donors (Lipinski definition) is 0. The van der Waals surface area contributed by atoms with Gasteiger partial charge in [0.05, 0.1) is 0 Å². The lowest BCUT2D eigenvalue weighted by Gasteiger charge is -2.29. The predicted molar refractivity (Wildman–Crippen MR) is 115 cm³/mol. The SMILES string of the molecule is C=CCN1CCCCc2c(C)nc(N(CC)c3c(C)cc(C)cc3C)nc21. The Balaban J connectivity index is 2.13. The summed E-state index contributed by atoms with van der Waals surface area (Å²) >= 11 is 0. The fraction of sp³-hybridized carbons (Fsp3) is 0.478. The molecule has 0 aliphatic carbocycles. The molecule has 144 valence electrons. The Labute approximate surface area is 163 Å². The molecular weight excluding hydrogens is 332 g/mol. The summed E-state index contributed by atoms with van der Waals surface area (Å²) in [7, 11) is 0. The summed E-state index contributed by atoms with van der Waals surface area (Å²) in [5.74, 6) is 1.90. The van der Waals surface area contributed by atoms with Crippen molar-refractivity contribution in [1.29, 1.82) is 0 Å². The van der Waals surface area contributed by atoms with Crippen LogP contribution in [0.3, 0.4) is 0 Å². The zero-order chi connectivity index (χ0) is 19.6. The smallest absolute Gasteiger partial charge is 0.232 e. The zero-order valence-corrected chi connectivity index (χ0v) is 17.5. The van der Waals surface area contributed by atoms with Crippen LogP contribution in [-0.2, 0) is 6.42 Å². The lowest BCUT2D eigenvalue weighted by molar-refractivity contribution is 0.734. The Morgan fingerprint density at radius 2 is 1.81 bits per heavy atom. The molecule has 0 fully saturated rings. The largest absolute Gasteiger partial charge is 0.353 e. The average Bonchev–Trinajstić information content (AvgIpc) is 2.81. The molecule has 4 nitrogen and oxygen atoms in total. The van der Waals surface area contributed by atoms with E-state index in [0.29, 0.717) is 0 Å². The van der Waals surface area contributed by atoms with Crippen molar-refractivity contribution in [2.75, 3.05) is 29.4 Å². The topological polar surface area (TPSA) is 32.3 Å². The second-order valence-corrected chi connectivity index (χ2v) is 7.59. The molecule has 3 rings (SSSR count). The highest BCUT2D eigenvalue weighted by Crippen LogP contribution is 2.34. The summed E-state index contributed by atoms with van der Waals surface area (Å²) in [6.07, 6.45) is 5.41. The molecule has 0 N–H and O–H groups in total. The minimum absolute atomic E-state index is 0.805. The molecule has 2 aromatic rings. The Kier molecular flexibility index (Phi) is 5.83. The Morgan fingerprint density at radius 1 is 1.11 bits per heavy atom. The van der Waals surface area contributed by atoms with Gasteiger partial charge in [0, 0.05) is 36.6 Å². The molecule has 1 aromatic heterocycles. The second kappa shape index (κ2) is 8.12. The van der Waals surface area contributed by atoms with Crippen LogP contribution in [0.2, 0.25) is 0 Å². The number of fused-ring (bicyclic) bond motifs is 1. The van der Waals surface area contributed by atoms with Gasteiger partial charge in [-0.05, 0) is 65.0 Å². The fourth-order valence-corrected chi connectivity index (χ4v) is 4.28. The minimum Gasteiger partial charge on any atom is -0.353 e. The van der Waals surface area contributed by atoms with Crippen LogP contribution in [0.15, 0.2) is 24.8 Å². The first-order valence-electron chi connectivity index (χ1n) is 10.0.